The molecule has 1 atom stereocenters. The minimum Gasteiger partial charge on any atom is -0.339 e. The van der Waals surface area contributed by atoms with E-state index in [4.69, 9.17) is 4.52 Å². The minimum atomic E-state index is 0.307. The monoisotopic (exact) mass is 195 g/mol. The van der Waals surface area contributed by atoms with E-state index in [0.717, 1.165) is 31.1 Å². The van der Waals surface area contributed by atoms with Crippen LogP contribution in [-0.4, -0.2) is 16.7 Å². The molecule has 1 fully saturated rings. The summed E-state index contributed by atoms with van der Waals surface area (Å²) in [4.78, 5) is 4.35. The molecule has 0 unspecified atom stereocenters. The van der Waals surface area contributed by atoms with Crippen molar-refractivity contribution in [3.8, 4) is 0 Å². The van der Waals surface area contributed by atoms with E-state index < -0.39 is 0 Å². The molecule has 78 valence electrons. The fourth-order valence-corrected chi connectivity index (χ4v) is 1.80. The Bertz CT molecular complexity index is 277. The fraction of sp³-hybridized carbons (Fsp3) is 0.800. The van der Waals surface area contributed by atoms with E-state index in [0.29, 0.717) is 6.04 Å². The Hall–Kier alpha value is -0.900. The zero-order chi connectivity index (χ0) is 9.80. The second-order valence-corrected chi connectivity index (χ2v) is 3.76. The van der Waals surface area contributed by atoms with Gasteiger partial charge in [-0.3, -0.25) is 0 Å². The van der Waals surface area contributed by atoms with Crippen molar-refractivity contribution in [1.29, 1.82) is 0 Å². The highest BCUT2D eigenvalue weighted by atomic mass is 16.5. The summed E-state index contributed by atoms with van der Waals surface area (Å²) in [6.45, 7) is 3.10. The van der Waals surface area contributed by atoms with Crippen LogP contribution < -0.4 is 5.32 Å². The van der Waals surface area contributed by atoms with Crippen molar-refractivity contribution in [2.24, 2.45) is 0 Å². The van der Waals surface area contributed by atoms with Crippen LogP contribution in [0.3, 0.4) is 0 Å². The number of hydrogen-bond donors (Lipinski definition) is 1. The maximum atomic E-state index is 5.11. The molecule has 4 heteroatoms. The number of rotatable bonds is 2. The smallest absolute Gasteiger partial charge is 0.226 e. The minimum absolute atomic E-state index is 0.307. The lowest BCUT2D eigenvalue weighted by atomic mass is 10.1. The predicted molar refractivity (Wildman–Crippen MR) is 52.9 cm³/mol. The van der Waals surface area contributed by atoms with E-state index >= 15 is 0 Å². The molecule has 0 radical (unpaired) electrons. The van der Waals surface area contributed by atoms with E-state index in [1.165, 1.54) is 19.3 Å². The molecule has 1 N–H and O–H groups in total. The molecular weight excluding hydrogens is 178 g/mol. The number of nitrogens with zero attached hydrogens (tertiary/aromatic N) is 2. The summed E-state index contributed by atoms with van der Waals surface area (Å²) in [5.41, 5.74) is 0. The maximum absolute atomic E-state index is 5.11. The Labute approximate surface area is 84.1 Å². The first-order chi connectivity index (χ1) is 6.90. The topological polar surface area (TPSA) is 51.0 Å². The van der Waals surface area contributed by atoms with Crippen LogP contribution in [0.4, 0.5) is 0 Å². The summed E-state index contributed by atoms with van der Waals surface area (Å²) in [6, 6.07) is 0.307. The van der Waals surface area contributed by atoms with Gasteiger partial charge in [0, 0.05) is 6.42 Å². The maximum Gasteiger partial charge on any atom is 0.226 e. The van der Waals surface area contributed by atoms with Crippen LogP contribution in [0, 0.1) is 0 Å². The molecule has 0 amide bonds. The van der Waals surface area contributed by atoms with Gasteiger partial charge in [0.2, 0.25) is 5.89 Å². The largest absolute Gasteiger partial charge is 0.339 e. The van der Waals surface area contributed by atoms with Crippen LogP contribution in [-0.2, 0) is 6.42 Å². The van der Waals surface area contributed by atoms with Crippen molar-refractivity contribution in [2.45, 2.75) is 45.1 Å². The van der Waals surface area contributed by atoms with Crippen molar-refractivity contribution in [3.63, 3.8) is 0 Å². The lowest BCUT2D eigenvalue weighted by molar-refractivity contribution is 0.367. The van der Waals surface area contributed by atoms with Gasteiger partial charge in [0.15, 0.2) is 5.82 Å². The molecule has 1 aromatic heterocycles. The Morgan fingerprint density at radius 1 is 1.43 bits per heavy atom. The molecule has 4 nitrogen and oxygen atoms in total. The Morgan fingerprint density at radius 2 is 2.36 bits per heavy atom. The van der Waals surface area contributed by atoms with Crippen LogP contribution >= 0.6 is 0 Å². The molecule has 1 aliphatic heterocycles. The molecule has 2 rings (SSSR count). The highest BCUT2D eigenvalue weighted by Gasteiger charge is 2.18. The quantitative estimate of drug-likeness (QED) is 0.782. The zero-order valence-electron chi connectivity index (χ0n) is 8.62. The van der Waals surface area contributed by atoms with Gasteiger partial charge >= 0.3 is 0 Å². The van der Waals surface area contributed by atoms with Gasteiger partial charge in [-0.1, -0.05) is 24.9 Å². The van der Waals surface area contributed by atoms with Crippen LogP contribution in [0.1, 0.15) is 50.4 Å². The standard InChI is InChI=1S/C10H17N3O/c1-2-9-12-10(13-14-9)8-6-4-3-5-7-11-8/h8,11H,2-7H2,1H3/t8-/m1/s1. The number of aromatic nitrogens is 2. The SMILES string of the molecule is CCc1nc([C@H]2CCCCCN2)no1. The number of nitrogens with one attached hydrogen (secondary N) is 1. The van der Waals surface area contributed by atoms with E-state index in [1.807, 2.05) is 6.92 Å². The van der Waals surface area contributed by atoms with Gasteiger partial charge in [0.05, 0.1) is 6.04 Å². The van der Waals surface area contributed by atoms with Gasteiger partial charge < -0.3 is 9.84 Å². The lowest BCUT2D eigenvalue weighted by Gasteiger charge is -2.09. The third kappa shape index (κ3) is 2.12. The second kappa shape index (κ2) is 4.55. The first-order valence-corrected chi connectivity index (χ1v) is 5.46. The zero-order valence-corrected chi connectivity index (χ0v) is 8.62. The molecule has 1 aromatic rings. The summed E-state index contributed by atoms with van der Waals surface area (Å²) in [5, 5.41) is 7.45. The van der Waals surface area contributed by atoms with Crippen molar-refractivity contribution >= 4 is 0 Å². The lowest BCUT2D eigenvalue weighted by Crippen LogP contribution is -2.21. The van der Waals surface area contributed by atoms with Gasteiger partial charge in [-0.15, -0.1) is 0 Å². The first kappa shape index (κ1) is 9.65. The van der Waals surface area contributed by atoms with Crippen molar-refractivity contribution in [3.05, 3.63) is 11.7 Å². The Morgan fingerprint density at radius 3 is 3.14 bits per heavy atom. The Balaban J connectivity index is 2.04. The highest BCUT2D eigenvalue weighted by Crippen LogP contribution is 2.20. The van der Waals surface area contributed by atoms with Crippen LogP contribution in [0.5, 0.6) is 0 Å². The normalized spacial score (nSPS) is 23.4. The molecule has 0 bridgehead atoms. The molecule has 1 saturated heterocycles. The average molecular weight is 195 g/mol. The summed E-state index contributed by atoms with van der Waals surface area (Å²) in [7, 11) is 0. The van der Waals surface area contributed by atoms with Crippen molar-refractivity contribution in [2.75, 3.05) is 6.54 Å². The molecule has 0 spiro atoms. The molecule has 0 aliphatic carbocycles. The summed E-state index contributed by atoms with van der Waals surface area (Å²) in [5.74, 6) is 1.58. The summed E-state index contributed by atoms with van der Waals surface area (Å²) in [6.07, 6.45) is 5.77. The van der Waals surface area contributed by atoms with E-state index in [2.05, 4.69) is 15.5 Å². The molecule has 14 heavy (non-hydrogen) atoms. The summed E-state index contributed by atoms with van der Waals surface area (Å²) < 4.78 is 5.11. The van der Waals surface area contributed by atoms with Gasteiger partial charge in [0.1, 0.15) is 0 Å². The van der Waals surface area contributed by atoms with Crippen LogP contribution in [0.15, 0.2) is 4.52 Å². The second-order valence-electron chi connectivity index (χ2n) is 3.76. The van der Waals surface area contributed by atoms with Crippen LogP contribution in [0.2, 0.25) is 0 Å². The van der Waals surface area contributed by atoms with Crippen molar-refractivity contribution < 1.29 is 4.52 Å². The molecule has 0 saturated carbocycles. The fourth-order valence-electron chi connectivity index (χ4n) is 1.80. The van der Waals surface area contributed by atoms with Crippen LogP contribution in [0.25, 0.3) is 0 Å². The Kier molecular flexibility index (Phi) is 3.14. The third-order valence-electron chi connectivity index (χ3n) is 2.66. The molecule has 1 aliphatic rings. The van der Waals surface area contributed by atoms with Crippen molar-refractivity contribution in [1.82, 2.24) is 15.5 Å². The van der Waals surface area contributed by atoms with Gasteiger partial charge in [0.25, 0.3) is 0 Å². The van der Waals surface area contributed by atoms with Gasteiger partial charge in [-0.2, -0.15) is 4.98 Å². The van der Waals surface area contributed by atoms with E-state index in [-0.39, 0.29) is 0 Å². The third-order valence-corrected chi connectivity index (χ3v) is 2.66. The first-order valence-electron chi connectivity index (χ1n) is 5.46. The highest BCUT2D eigenvalue weighted by molar-refractivity contribution is 4.94. The molecular formula is C10H17N3O. The number of hydrogen-bond acceptors (Lipinski definition) is 4. The van der Waals surface area contributed by atoms with Gasteiger partial charge in [-0.05, 0) is 19.4 Å². The predicted octanol–water partition coefficient (Wildman–Crippen LogP) is 1.84. The van der Waals surface area contributed by atoms with Gasteiger partial charge in [-0.25, -0.2) is 0 Å². The van der Waals surface area contributed by atoms with E-state index in [1.54, 1.807) is 0 Å². The van der Waals surface area contributed by atoms with E-state index in [9.17, 15) is 0 Å². The molecule has 0 aromatic carbocycles. The average Bonchev–Trinajstić information content (AvgIpc) is 2.53. The number of aryl methyl sites for hydroxylation is 1. The summed E-state index contributed by atoms with van der Waals surface area (Å²) >= 11 is 0. The molecule has 2 heterocycles.